The Morgan fingerprint density at radius 3 is 2.34 bits per heavy atom. The molecular formula is C26H29N3O5S. The van der Waals surface area contributed by atoms with Crippen LogP contribution in [0.5, 0.6) is 11.8 Å². The number of aromatic hydroxyl groups is 2. The third kappa shape index (κ3) is 6.60. The molecule has 0 saturated carbocycles. The zero-order valence-corrected chi connectivity index (χ0v) is 20.6. The second-order valence-corrected chi connectivity index (χ2v) is 9.32. The summed E-state index contributed by atoms with van der Waals surface area (Å²) in [5.41, 5.74) is 1.80. The highest BCUT2D eigenvalue weighted by atomic mass is 32.1. The summed E-state index contributed by atoms with van der Waals surface area (Å²) in [6, 6.07) is 9.44. The van der Waals surface area contributed by atoms with Crippen LogP contribution >= 0.6 is 11.3 Å². The van der Waals surface area contributed by atoms with Crippen molar-refractivity contribution >= 4 is 35.0 Å². The number of aromatic nitrogens is 1. The van der Waals surface area contributed by atoms with E-state index in [0.717, 1.165) is 11.1 Å². The Morgan fingerprint density at radius 2 is 1.77 bits per heavy atom. The molecule has 2 aromatic heterocycles. The maximum absolute atomic E-state index is 13.1. The highest BCUT2D eigenvalue weighted by Gasteiger charge is 2.31. The van der Waals surface area contributed by atoms with Gasteiger partial charge in [0.05, 0.1) is 24.1 Å². The third-order valence-electron chi connectivity index (χ3n) is 5.59. The van der Waals surface area contributed by atoms with Gasteiger partial charge in [0.1, 0.15) is 0 Å². The topological polar surface area (TPSA) is 132 Å². The SMILES string of the molecule is Cc1c(O)[nH]c(O)c1C(=O)[C@@H](NC(=O)C[C@H](NC(=O)C=Cc1ccsc1)c1ccccc1)C(C)C. The summed E-state index contributed by atoms with van der Waals surface area (Å²) in [5.74, 6) is -2.35. The van der Waals surface area contributed by atoms with Crippen LogP contribution in [0.2, 0.25) is 0 Å². The van der Waals surface area contributed by atoms with Crippen LogP contribution in [0.15, 0.2) is 53.2 Å². The summed E-state index contributed by atoms with van der Waals surface area (Å²) < 4.78 is 0. The minimum atomic E-state index is -0.937. The second kappa shape index (κ2) is 11.5. The largest absolute Gasteiger partial charge is 0.494 e. The summed E-state index contributed by atoms with van der Waals surface area (Å²) in [6.45, 7) is 5.05. The van der Waals surface area contributed by atoms with Crippen molar-refractivity contribution in [1.82, 2.24) is 15.6 Å². The fourth-order valence-electron chi connectivity index (χ4n) is 3.67. The Hall–Kier alpha value is -3.85. The van der Waals surface area contributed by atoms with Gasteiger partial charge in [0.2, 0.25) is 17.7 Å². The van der Waals surface area contributed by atoms with Crippen LogP contribution in [0.4, 0.5) is 0 Å². The number of benzene rings is 1. The first kappa shape index (κ1) is 25.8. The van der Waals surface area contributed by atoms with Crippen molar-refractivity contribution < 1.29 is 24.6 Å². The molecule has 0 radical (unpaired) electrons. The molecule has 0 spiro atoms. The lowest BCUT2D eigenvalue weighted by Crippen LogP contribution is -2.45. The number of carbonyl (C=O) groups excluding carboxylic acids is 3. The number of amides is 2. The predicted molar refractivity (Wildman–Crippen MR) is 135 cm³/mol. The van der Waals surface area contributed by atoms with Crippen LogP contribution in [0.3, 0.4) is 0 Å². The molecule has 8 nitrogen and oxygen atoms in total. The first-order valence-electron chi connectivity index (χ1n) is 11.2. The zero-order valence-electron chi connectivity index (χ0n) is 19.7. The van der Waals surface area contributed by atoms with E-state index in [1.165, 1.54) is 24.3 Å². The molecule has 0 bridgehead atoms. The summed E-state index contributed by atoms with van der Waals surface area (Å²) in [5, 5.41) is 29.3. The predicted octanol–water partition coefficient (Wildman–Crippen LogP) is 4.08. The van der Waals surface area contributed by atoms with Gasteiger partial charge in [-0.3, -0.25) is 19.4 Å². The van der Waals surface area contributed by atoms with E-state index in [-0.39, 0.29) is 35.3 Å². The van der Waals surface area contributed by atoms with Gasteiger partial charge in [-0.15, -0.1) is 0 Å². The minimum Gasteiger partial charge on any atom is -0.494 e. The van der Waals surface area contributed by atoms with Crippen molar-refractivity contribution in [2.75, 3.05) is 0 Å². The first-order valence-corrected chi connectivity index (χ1v) is 12.1. The third-order valence-corrected chi connectivity index (χ3v) is 6.30. The number of rotatable bonds is 10. The Bertz CT molecular complexity index is 1200. The van der Waals surface area contributed by atoms with Crippen LogP contribution in [0.25, 0.3) is 6.08 Å². The fourth-order valence-corrected chi connectivity index (χ4v) is 4.30. The Balaban J connectivity index is 1.75. The molecule has 3 aromatic rings. The number of Topliss-reactive ketones (excluding diaryl/α,β-unsaturated/α-hetero) is 1. The highest BCUT2D eigenvalue weighted by molar-refractivity contribution is 7.08. The zero-order chi connectivity index (χ0) is 25.5. The van der Waals surface area contributed by atoms with Gasteiger partial charge < -0.3 is 20.8 Å². The second-order valence-electron chi connectivity index (χ2n) is 8.54. The molecule has 0 saturated heterocycles. The number of aromatic amines is 1. The molecule has 3 rings (SSSR count). The van der Waals surface area contributed by atoms with E-state index in [1.54, 1.807) is 19.9 Å². The molecule has 9 heteroatoms. The van der Waals surface area contributed by atoms with Crippen LogP contribution in [0, 0.1) is 12.8 Å². The van der Waals surface area contributed by atoms with Crippen molar-refractivity contribution in [3.63, 3.8) is 0 Å². The Kier molecular flexibility index (Phi) is 8.48. The van der Waals surface area contributed by atoms with Crippen molar-refractivity contribution in [2.24, 2.45) is 5.92 Å². The summed E-state index contributed by atoms with van der Waals surface area (Å²) in [4.78, 5) is 41.0. The van der Waals surface area contributed by atoms with E-state index in [4.69, 9.17) is 0 Å². The molecule has 2 atom stereocenters. The number of thiophene rings is 1. The number of ketones is 1. The van der Waals surface area contributed by atoms with E-state index in [2.05, 4.69) is 15.6 Å². The molecule has 35 heavy (non-hydrogen) atoms. The lowest BCUT2D eigenvalue weighted by Gasteiger charge is -2.24. The van der Waals surface area contributed by atoms with E-state index in [0.29, 0.717) is 0 Å². The molecular weight excluding hydrogens is 466 g/mol. The summed E-state index contributed by atoms with van der Waals surface area (Å²) in [7, 11) is 0. The van der Waals surface area contributed by atoms with Gasteiger partial charge in [-0.1, -0.05) is 44.2 Å². The molecule has 184 valence electrons. The van der Waals surface area contributed by atoms with E-state index in [1.807, 2.05) is 47.2 Å². The van der Waals surface area contributed by atoms with Crippen LogP contribution < -0.4 is 10.6 Å². The number of nitrogens with one attached hydrogen (secondary N) is 3. The van der Waals surface area contributed by atoms with Gasteiger partial charge in [0, 0.05) is 11.6 Å². The number of H-pyrrole nitrogens is 1. The minimum absolute atomic E-state index is 0.0621. The molecule has 2 heterocycles. The van der Waals surface area contributed by atoms with Gasteiger partial charge in [0.25, 0.3) is 0 Å². The Labute approximate surface area is 207 Å². The maximum atomic E-state index is 13.1. The van der Waals surface area contributed by atoms with Gasteiger partial charge >= 0.3 is 0 Å². The van der Waals surface area contributed by atoms with Crippen molar-refractivity contribution in [2.45, 2.75) is 39.3 Å². The highest BCUT2D eigenvalue weighted by Crippen LogP contribution is 2.30. The lowest BCUT2D eigenvalue weighted by molar-refractivity contribution is -0.123. The van der Waals surface area contributed by atoms with Crippen molar-refractivity contribution in [3.05, 3.63) is 75.5 Å². The normalized spacial score (nSPS) is 13.0. The summed E-state index contributed by atoms with van der Waals surface area (Å²) in [6.07, 6.45) is 3.02. The number of carbonyl (C=O) groups is 3. The van der Waals surface area contributed by atoms with Crippen molar-refractivity contribution in [3.8, 4) is 11.8 Å². The number of hydrogen-bond donors (Lipinski definition) is 5. The molecule has 1 aromatic carbocycles. The molecule has 0 aliphatic rings. The Morgan fingerprint density at radius 1 is 1.06 bits per heavy atom. The maximum Gasteiger partial charge on any atom is 0.244 e. The molecule has 5 N–H and O–H groups in total. The molecule has 0 aliphatic heterocycles. The van der Waals surface area contributed by atoms with Crippen LogP contribution in [0.1, 0.15) is 53.4 Å². The molecule has 2 amide bonds. The average molecular weight is 496 g/mol. The number of hydrogen-bond acceptors (Lipinski definition) is 6. The van der Waals surface area contributed by atoms with E-state index in [9.17, 15) is 24.6 Å². The standard InChI is InChI=1S/C26H29N3O5S/c1-15(2)23(24(32)22-16(3)25(33)29-26(22)34)28-21(31)13-19(18-7-5-4-6-8-18)27-20(30)10-9-17-11-12-35-14-17/h4-12,14-15,19,23,29,33-34H,13H2,1-3H3,(H,27,30)(H,28,31)/t19-,23-/m0/s1. The van der Waals surface area contributed by atoms with E-state index < -0.39 is 29.7 Å². The molecule has 0 unspecified atom stereocenters. The fraction of sp³-hybridized carbons (Fsp3) is 0.269. The van der Waals surface area contributed by atoms with Gasteiger partial charge in [-0.05, 0) is 46.9 Å². The monoisotopic (exact) mass is 495 g/mol. The first-order chi connectivity index (χ1) is 16.7. The summed E-state index contributed by atoms with van der Waals surface area (Å²) >= 11 is 1.53. The van der Waals surface area contributed by atoms with Crippen molar-refractivity contribution in [1.29, 1.82) is 0 Å². The molecule has 0 aliphatic carbocycles. The van der Waals surface area contributed by atoms with Gasteiger partial charge in [-0.2, -0.15) is 11.3 Å². The average Bonchev–Trinajstić information content (AvgIpc) is 3.43. The van der Waals surface area contributed by atoms with Crippen LogP contribution in [-0.2, 0) is 9.59 Å². The lowest BCUT2D eigenvalue weighted by atomic mass is 9.93. The molecule has 0 fully saturated rings. The quantitative estimate of drug-likeness (QED) is 0.214. The van der Waals surface area contributed by atoms with E-state index >= 15 is 0 Å². The van der Waals surface area contributed by atoms with Gasteiger partial charge in [0.15, 0.2) is 11.7 Å². The van der Waals surface area contributed by atoms with Crippen LogP contribution in [-0.4, -0.2) is 38.8 Å². The van der Waals surface area contributed by atoms with Gasteiger partial charge in [-0.25, -0.2) is 0 Å². The smallest absolute Gasteiger partial charge is 0.244 e.